The molecule has 0 spiro atoms. The third-order valence-electron chi connectivity index (χ3n) is 2.83. The van der Waals surface area contributed by atoms with Gasteiger partial charge in [-0.1, -0.05) is 6.07 Å². The van der Waals surface area contributed by atoms with Crippen molar-refractivity contribution in [1.29, 1.82) is 0 Å². The topological polar surface area (TPSA) is 90.0 Å². The molecule has 3 N–H and O–H groups in total. The summed E-state index contributed by atoms with van der Waals surface area (Å²) in [4.78, 5) is -0.164. The van der Waals surface area contributed by atoms with Crippen LogP contribution in [0.25, 0.3) is 0 Å². The second kappa shape index (κ2) is 5.22. The molecule has 0 aliphatic carbocycles. The van der Waals surface area contributed by atoms with Crippen LogP contribution in [0.1, 0.15) is 11.3 Å². The van der Waals surface area contributed by atoms with Crippen LogP contribution in [0.15, 0.2) is 29.3 Å². The normalized spacial score (nSPS) is 11.6. The van der Waals surface area contributed by atoms with Crippen LogP contribution in [0.4, 0.5) is 10.1 Å². The minimum Gasteiger partial charge on any atom is -0.326 e. The zero-order valence-electron chi connectivity index (χ0n) is 11.1. The summed E-state index contributed by atoms with van der Waals surface area (Å²) in [5, 5.41) is 4.04. The van der Waals surface area contributed by atoms with Gasteiger partial charge in [0.05, 0.1) is 16.3 Å². The van der Waals surface area contributed by atoms with Crippen LogP contribution in [0.2, 0.25) is 0 Å². The summed E-state index contributed by atoms with van der Waals surface area (Å²) in [5.41, 5.74) is 6.26. The number of benzene rings is 1. The highest BCUT2D eigenvalue weighted by Crippen LogP contribution is 2.22. The van der Waals surface area contributed by atoms with E-state index in [9.17, 15) is 12.8 Å². The highest BCUT2D eigenvalue weighted by Gasteiger charge is 2.21. The van der Waals surface area contributed by atoms with Gasteiger partial charge in [0.1, 0.15) is 5.82 Å². The second-order valence-electron chi connectivity index (χ2n) is 4.33. The van der Waals surface area contributed by atoms with Gasteiger partial charge in [0, 0.05) is 25.4 Å². The predicted octanol–water partition coefficient (Wildman–Crippen LogP) is 1.13. The van der Waals surface area contributed by atoms with Crippen molar-refractivity contribution < 1.29 is 12.8 Å². The molecule has 0 bridgehead atoms. The maximum Gasteiger partial charge on any atom is 0.262 e. The highest BCUT2D eigenvalue weighted by atomic mass is 32.2. The molecule has 8 heteroatoms. The first-order valence-corrected chi connectivity index (χ1v) is 7.34. The molecule has 0 saturated carbocycles. The number of sulfonamides is 1. The van der Waals surface area contributed by atoms with E-state index in [0.29, 0.717) is 11.4 Å². The molecule has 108 valence electrons. The molecular weight excluding hydrogens is 283 g/mol. The maximum absolute atomic E-state index is 13.6. The fourth-order valence-electron chi connectivity index (χ4n) is 1.89. The van der Waals surface area contributed by atoms with E-state index in [1.807, 2.05) is 0 Å². The summed E-state index contributed by atoms with van der Waals surface area (Å²) in [6.07, 6.45) is 1.54. The molecule has 0 fully saturated rings. The van der Waals surface area contributed by atoms with E-state index in [2.05, 4.69) is 9.82 Å². The van der Waals surface area contributed by atoms with E-state index in [4.69, 9.17) is 5.73 Å². The molecule has 1 heterocycles. The second-order valence-corrected chi connectivity index (χ2v) is 5.98. The van der Waals surface area contributed by atoms with E-state index in [1.54, 1.807) is 14.0 Å². The van der Waals surface area contributed by atoms with Crippen LogP contribution in [-0.2, 0) is 23.6 Å². The van der Waals surface area contributed by atoms with Gasteiger partial charge in [-0.25, -0.2) is 12.8 Å². The number of hydrogen-bond acceptors (Lipinski definition) is 4. The molecule has 1 aromatic heterocycles. The summed E-state index contributed by atoms with van der Waals surface area (Å²) >= 11 is 0. The molecule has 2 rings (SSSR count). The number of nitrogens with zero attached hydrogens (tertiary/aromatic N) is 2. The minimum atomic E-state index is -3.91. The van der Waals surface area contributed by atoms with Crippen LogP contribution in [0, 0.1) is 12.7 Å². The average molecular weight is 298 g/mol. The molecule has 20 heavy (non-hydrogen) atoms. The molecule has 0 amide bonds. The number of hydrogen-bond donors (Lipinski definition) is 2. The van der Waals surface area contributed by atoms with Crippen molar-refractivity contribution >= 4 is 15.7 Å². The lowest BCUT2D eigenvalue weighted by molar-refractivity contribution is 0.585. The molecule has 2 aromatic rings. The van der Waals surface area contributed by atoms with Crippen LogP contribution in [0.3, 0.4) is 0 Å². The van der Waals surface area contributed by atoms with Gasteiger partial charge >= 0.3 is 0 Å². The Labute approximate surface area is 116 Å². The van der Waals surface area contributed by atoms with Crippen molar-refractivity contribution in [3.63, 3.8) is 0 Å². The van der Waals surface area contributed by atoms with Gasteiger partial charge in [0.2, 0.25) is 0 Å². The summed E-state index contributed by atoms with van der Waals surface area (Å²) in [6, 6.07) is 3.83. The summed E-state index contributed by atoms with van der Waals surface area (Å²) < 4.78 is 42.1. The third kappa shape index (κ3) is 2.66. The fraction of sp³-hybridized carbons (Fsp3) is 0.250. The zero-order valence-corrected chi connectivity index (χ0v) is 11.9. The lowest BCUT2D eigenvalue weighted by Gasteiger charge is -2.11. The lowest BCUT2D eigenvalue weighted by atomic mass is 10.2. The number of aromatic nitrogens is 2. The number of halogens is 1. The van der Waals surface area contributed by atoms with Crippen LogP contribution >= 0.6 is 0 Å². The first-order chi connectivity index (χ1) is 9.35. The Bertz CT molecular complexity index is 740. The first kappa shape index (κ1) is 14.5. The van der Waals surface area contributed by atoms with Gasteiger partial charge in [0.15, 0.2) is 0 Å². The minimum absolute atomic E-state index is 0.0402. The molecule has 6 nitrogen and oxygen atoms in total. The molecule has 0 aliphatic rings. The standard InChI is InChI=1S/C12H15FN4O2S/c1-8-11(7-17(2)15-8)16-20(18,19)12-5-3-4-10(13)9(12)6-14/h3-5,7,16H,6,14H2,1-2H3. The quantitative estimate of drug-likeness (QED) is 0.885. The molecular formula is C12H15FN4O2S. The van der Waals surface area contributed by atoms with Gasteiger partial charge < -0.3 is 5.73 Å². The lowest BCUT2D eigenvalue weighted by Crippen LogP contribution is -2.17. The summed E-state index contributed by atoms with van der Waals surface area (Å²) in [5.74, 6) is -0.640. The summed E-state index contributed by atoms with van der Waals surface area (Å²) in [7, 11) is -2.23. The van der Waals surface area contributed by atoms with Crippen molar-refractivity contribution in [2.75, 3.05) is 4.72 Å². The Morgan fingerprint density at radius 3 is 2.70 bits per heavy atom. The van der Waals surface area contributed by atoms with Gasteiger partial charge in [-0.2, -0.15) is 5.10 Å². The van der Waals surface area contributed by atoms with Crippen molar-refractivity contribution in [2.24, 2.45) is 12.8 Å². The Balaban J connectivity index is 2.46. The van der Waals surface area contributed by atoms with Crippen molar-refractivity contribution in [3.05, 3.63) is 41.5 Å². The number of nitrogens with two attached hydrogens (primary N) is 1. The van der Waals surface area contributed by atoms with Crippen molar-refractivity contribution in [2.45, 2.75) is 18.4 Å². The van der Waals surface area contributed by atoms with E-state index in [-0.39, 0.29) is 17.0 Å². The Morgan fingerprint density at radius 1 is 1.45 bits per heavy atom. The van der Waals surface area contributed by atoms with E-state index < -0.39 is 15.8 Å². The molecule has 0 atom stereocenters. The van der Waals surface area contributed by atoms with Crippen LogP contribution in [-0.4, -0.2) is 18.2 Å². The third-order valence-corrected chi connectivity index (χ3v) is 4.28. The number of anilines is 1. The first-order valence-electron chi connectivity index (χ1n) is 5.85. The number of nitrogens with one attached hydrogen (secondary N) is 1. The SMILES string of the molecule is Cc1nn(C)cc1NS(=O)(=O)c1cccc(F)c1CN. The largest absolute Gasteiger partial charge is 0.326 e. The van der Waals surface area contributed by atoms with Crippen LogP contribution < -0.4 is 10.5 Å². The molecule has 1 aromatic carbocycles. The maximum atomic E-state index is 13.6. The van der Waals surface area contributed by atoms with Gasteiger partial charge in [-0.3, -0.25) is 9.40 Å². The van der Waals surface area contributed by atoms with Crippen LogP contribution in [0.5, 0.6) is 0 Å². The van der Waals surface area contributed by atoms with Gasteiger partial charge in [-0.15, -0.1) is 0 Å². The molecule has 0 radical (unpaired) electrons. The van der Waals surface area contributed by atoms with E-state index in [1.165, 1.54) is 29.1 Å². The van der Waals surface area contributed by atoms with Crippen molar-refractivity contribution in [1.82, 2.24) is 9.78 Å². The van der Waals surface area contributed by atoms with E-state index >= 15 is 0 Å². The average Bonchev–Trinajstić information content (AvgIpc) is 2.66. The predicted molar refractivity (Wildman–Crippen MR) is 73.0 cm³/mol. The Hall–Kier alpha value is -1.93. The smallest absolute Gasteiger partial charge is 0.262 e. The Kier molecular flexibility index (Phi) is 3.78. The van der Waals surface area contributed by atoms with Gasteiger partial charge in [-0.05, 0) is 19.1 Å². The number of aryl methyl sites for hydroxylation is 2. The van der Waals surface area contributed by atoms with Gasteiger partial charge in [0.25, 0.3) is 10.0 Å². The van der Waals surface area contributed by atoms with E-state index in [0.717, 1.165) is 0 Å². The molecule has 0 aliphatic heterocycles. The Morgan fingerprint density at radius 2 is 2.15 bits per heavy atom. The highest BCUT2D eigenvalue weighted by molar-refractivity contribution is 7.92. The monoisotopic (exact) mass is 298 g/mol. The number of rotatable bonds is 4. The molecule has 0 unspecified atom stereocenters. The van der Waals surface area contributed by atoms with Crippen molar-refractivity contribution in [3.8, 4) is 0 Å². The molecule has 0 saturated heterocycles. The zero-order chi connectivity index (χ0) is 14.9. The summed E-state index contributed by atoms with van der Waals surface area (Å²) in [6.45, 7) is 1.47. The fourth-order valence-corrected chi connectivity index (χ4v) is 3.25.